The summed E-state index contributed by atoms with van der Waals surface area (Å²) in [5.74, 6) is -0.538. The normalized spacial score (nSPS) is 21.9. The zero-order valence-electron chi connectivity index (χ0n) is 40.1. The van der Waals surface area contributed by atoms with E-state index in [0.29, 0.717) is 54.3 Å². The number of urea groups is 1. The van der Waals surface area contributed by atoms with Gasteiger partial charge in [0, 0.05) is 87.6 Å². The van der Waals surface area contributed by atoms with Crippen LogP contribution in [0.3, 0.4) is 0 Å². The van der Waals surface area contributed by atoms with Crippen molar-refractivity contribution in [2.75, 3.05) is 98.7 Å². The van der Waals surface area contributed by atoms with Gasteiger partial charge in [-0.15, -0.1) is 0 Å². The number of piperidine rings is 2. The lowest BCUT2D eigenvalue weighted by molar-refractivity contribution is -0.136. The summed E-state index contributed by atoms with van der Waals surface area (Å²) in [6.07, 6.45) is 7.33. The molecule has 2 aromatic carbocycles. The number of unbranched alkanes of at least 4 members (excludes halogenated alkanes) is 1. The molecule has 2 N–H and O–H groups in total. The number of benzene rings is 2. The molecular formula is C50H65N9O9. The first-order valence-corrected chi connectivity index (χ1v) is 24.1. The number of aromatic nitrogens is 1. The standard InChI is InChI=1S/C50H65N9O9/c1-53(2)28-39-41(66-4)24-32(25-42(39)67-5)37-29-54(3)46(62)38-30-58(17-12-34(37)38)49(65)52-44-27-50(31-68-44)13-18-55(19-14-50)15-6-7-16-56-20-22-57(23-21-56)33-8-9-35-36(26-33)48(64)59(47(35)63)40-10-11-43(60)51-45(40)61/h8-9,24-26,29,40,44H,6-7,10-23,27-28,30-31H2,1-5H3,(H,52,65)(H,51,60,61). The van der Waals surface area contributed by atoms with Crippen molar-refractivity contribution in [1.82, 2.24) is 39.7 Å². The predicted molar refractivity (Wildman–Crippen MR) is 254 cm³/mol. The molecule has 0 bridgehead atoms. The minimum Gasteiger partial charge on any atom is -0.496 e. The molecule has 0 saturated carbocycles. The number of piperazine rings is 1. The highest BCUT2D eigenvalue weighted by Crippen LogP contribution is 2.42. The molecule has 6 aliphatic heterocycles. The molecule has 18 heteroatoms. The zero-order chi connectivity index (χ0) is 47.9. The van der Waals surface area contributed by atoms with Gasteiger partial charge in [0.05, 0.1) is 44.1 Å². The highest BCUT2D eigenvalue weighted by atomic mass is 16.5. The third-order valence-corrected chi connectivity index (χ3v) is 15.0. The van der Waals surface area contributed by atoms with Gasteiger partial charge >= 0.3 is 6.03 Å². The Kier molecular flexibility index (Phi) is 13.7. The molecule has 4 fully saturated rings. The number of amides is 6. The van der Waals surface area contributed by atoms with Crippen molar-refractivity contribution in [2.45, 2.75) is 76.7 Å². The van der Waals surface area contributed by atoms with E-state index in [4.69, 9.17) is 14.2 Å². The van der Waals surface area contributed by atoms with E-state index >= 15 is 0 Å². The quantitative estimate of drug-likeness (QED) is 0.189. The number of carbonyl (C=O) groups excluding carboxylic acids is 5. The summed E-state index contributed by atoms with van der Waals surface area (Å²) >= 11 is 0. The van der Waals surface area contributed by atoms with Gasteiger partial charge in [-0.25, -0.2) is 4.79 Å². The monoisotopic (exact) mass is 935 g/mol. The molecule has 18 nitrogen and oxygen atoms in total. The van der Waals surface area contributed by atoms with Gasteiger partial charge in [0.25, 0.3) is 17.4 Å². The van der Waals surface area contributed by atoms with Gasteiger partial charge in [-0.05, 0) is 120 Å². The fraction of sp³-hybridized carbons (Fsp3) is 0.560. The number of carbonyl (C=O) groups is 5. The highest BCUT2D eigenvalue weighted by Gasteiger charge is 2.46. The lowest BCUT2D eigenvalue weighted by atomic mass is 9.77. The number of nitrogens with one attached hydrogen (secondary N) is 2. The number of pyridine rings is 1. The van der Waals surface area contributed by atoms with Crippen LogP contribution in [0.2, 0.25) is 0 Å². The van der Waals surface area contributed by atoms with Crippen molar-refractivity contribution in [3.63, 3.8) is 0 Å². The number of nitrogens with zero attached hydrogens (tertiary/aromatic N) is 7. The topological polar surface area (TPSA) is 179 Å². The Balaban J connectivity index is 0.703. The number of imide groups is 2. The van der Waals surface area contributed by atoms with Gasteiger partial charge in [-0.3, -0.25) is 39.1 Å². The molecule has 2 atom stereocenters. The molecule has 4 saturated heterocycles. The van der Waals surface area contributed by atoms with Crippen molar-refractivity contribution in [3.05, 3.63) is 74.7 Å². The third kappa shape index (κ3) is 9.47. The molecule has 1 aromatic heterocycles. The summed E-state index contributed by atoms with van der Waals surface area (Å²) in [4.78, 5) is 90.0. The van der Waals surface area contributed by atoms with Crippen molar-refractivity contribution >= 4 is 35.3 Å². The molecule has 9 rings (SSSR count). The van der Waals surface area contributed by atoms with Crippen LogP contribution in [0.25, 0.3) is 11.1 Å². The first-order chi connectivity index (χ1) is 32.7. The number of fused-ring (bicyclic) bond motifs is 2. The number of hydrogen-bond donors (Lipinski definition) is 2. The van der Waals surface area contributed by atoms with Gasteiger partial charge < -0.3 is 43.7 Å². The maximum absolute atomic E-state index is 13.7. The minimum atomic E-state index is -0.974. The molecule has 0 aliphatic carbocycles. The van der Waals surface area contributed by atoms with Crippen LogP contribution in [0.1, 0.15) is 82.4 Å². The summed E-state index contributed by atoms with van der Waals surface area (Å²) in [5.41, 5.74) is 5.77. The second-order valence-corrected chi connectivity index (χ2v) is 19.7. The van der Waals surface area contributed by atoms with Crippen LogP contribution in [0, 0.1) is 5.41 Å². The minimum absolute atomic E-state index is 0.0479. The Morgan fingerprint density at radius 1 is 0.838 bits per heavy atom. The summed E-state index contributed by atoms with van der Waals surface area (Å²) in [6.45, 7) is 9.48. The summed E-state index contributed by atoms with van der Waals surface area (Å²) in [6, 6.07) is 8.16. The summed E-state index contributed by atoms with van der Waals surface area (Å²) in [5, 5.41) is 5.41. The van der Waals surface area contributed by atoms with Gasteiger partial charge in [-0.2, -0.15) is 0 Å². The van der Waals surface area contributed by atoms with Crippen molar-refractivity contribution in [2.24, 2.45) is 12.5 Å². The van der Waals surface area contributed by atoms with Crippen LogP contribution in [0.5, 0.6) is 11.5 Å². The number of aryl methyl sites for hydroxylation is 1. The Morgan fingerprint density at radius 3 is 2.18 bits per heavy atom. The molecule has 0 radical (unpaired) electrons. The van der Waals surface area contributed by atoms with Crippen molar-refractivity contribution in [3.8, 4) is 22.6 Å². The van der Waals surface area contributed by atoms with E-state index in [1.54, 1.807) is 42.9 Å². The van der Waals surface area contributed by atoms with E-state index in [1.807, 2.05) is 38.5 Å². The van der Waals surface area contributed by atoms with Crippen LogP contribution >= 0.6 is 0 Å². The van der Waals surface area contributed by atoms with E-state index in [-0.39, 0.29) is 42.6 Å². The number of hydrogen-bond acceptors (Lipinski definition) is 13. The Morgan fingerprint density at radius 2 is 1.51 bits per heavy atom. The Hall–Kier alpha value is -5.82. The van der Waals surface area contributed by atoms with Crippen LogP contribution in [0.4, 0.5) is 10.5 Å². The second-order valence-electron chi connectivity index (χ2n) is 19.7. The first-order valence-electron chi connectivity index (χ1n) is 24.1. The van der Waals surface area contributed by atoms with E-state index < -0.39 is 29.7 Å². The molecule has 68 heavy (non-hydrogen) atoms. The first kappa shape index (κ1) is 47.3. The molecule has 6 amide bonds. The lowest BCUT2D eigenvalue weighted by Crippen LogP contribution is -2.54. The number of rotatable bonds is 13. The zero-order valence-corrected chi connectivity index (χ0v) is 40.1. The van der Waals surface area contributed by atoms with Gasteiger partial charge in [0.1, 0.15) is 23.8 Å². The Bertz CT molecular complexity index is 2500. The smallest absolute Gasteiger partial charge is 0.319 e. The molecule has 7 heterocycles. The molecule has 3 aromatic rings. The molecular weight excluding hydrogens is 871 g/mol. The van der Waals surface area contributed by atoms with Crippen LogP contribution < -0.4 is 30.6 Å². The molecule has 2 unspecified atom stereocenters. The van der Waals surface area contributed by atoms with E-state index in [1.165, 1.54) is 0 Å². The fourth-order valence-electron chi connectivity index (χ4n) is 11.1. The fourth-order valence-corrected chi connectivity index (χ4v) is 11.1. The summed E-state index contributed by atoms with van der Waals surface area (Å²) in [7, 11) is 9.05. The summed E-state index contributed by atoms with van der Waals surface area (Å²) < 4.78 is 19.5. The van der Waals surface area contributed by atoms with Crippen LogP contribution in [-0.2, 0) is 40.9 Å². The van der Waals surface area contributed by atoms with Crippen LogP contribution in [0.15, 0.2) is 41.3 Å². The number of anilines is 1. The number of methoxy groups -OCH3 is 2. The highest BCUT2D eigenvalue weighted by molar-refractivity contribution is 6.23. The average Bonchev–Trinajstić information content (AvgIpc) is 3.84. The van der Waals surface area contributed by atoms with Gasteiger partial charge in [0.2, 0.25) is 11.8 Å². The van der Waals surface area contributed by atoms with E-state index in [2.05, 4.69) is 30.2 Å². The predicted octanol–water partition coefficient (Wildman–Crippen LogP) is 3.03. The maximum atomic E-state index is 13.7. The van der Waals surface area contributed by atoms with Crippen molar-refractivity contribution < 1.29 is 38.2 Å². The second kappa shape index (κ2) is 19.7. The number of ether oxygens (including phenoxy) is 3. The lowest BCUT2D eigenvalue weighted by Gasteiger charge is -2.39. The molecule has 6 aliphatic rings. The van der Waals surface area contributed by atoms with E-state index in [9.17, 15) is 28.8 Å². The molecule has 1 spiro atoms. The maximum Gasteiger partial charge on any atom is 0.319 e. The average molecular weight is 936 g/mol. The van der Waals surface area contributed by atoms with Gasteiger partial charge in [-0.1, -0.05) is 0 Å². The SMILES string of the molecule is COc1cc(-c2cn(C)c(=O)c3c2CCN(C(=O)NC2CC4(CCN(CCCCN5CCN(c6ccc7c(c6)C(=O)N(C6CCC(=O)NC6=O)C7=O)CC5)CC4)CO2)C3)cc(OC)c1CN(C)C. The Labute approximate surface area is 397 Å². The van der Waals surface area contributed by atoms with Crippen molar-refractivity contribution in [1.29, 1.82) is 0 Å². The molecule has 364 valence electrons. The van der Waals surface area contributed by atoms with E-state index in [0.717, 1.165) is 117 Å². The number of likely N-dealkylation sites (tertiary alicyclic amines) is 1. The largest absolute Gasteiger partial charge is 0.496 e. The van der Waals surface area contributed by atoms with Gasteiger partial charge in [0.15, 0.2) is 0 Å². The third-order valence-electron chi connectivity index (χ3n) is 15.0. The van der Waals surface area contributed by atoms with Crippen LogP contribution in [-0.4, -0.2) is 165 Å².